The monoisotopic (exact) mass is 207 g/mol. The fourth-order valence-corrected chi connectivity index (χ4v) is 0.971. The van der Waals surface area contributed by atoms with Crippen molar-refractivity contribution >= 4 is 11.9 Å². The van der Waals surface area contributed by atoms with E-state index in [9.17, 15) is 4.79 Å². The minimum absolute atomic E-state index is 0.163. The van der Waals surface area contributed by atoms with Crippen molar-refractivity contribution in [2.24, 2.45) is 16.6 Å². The molecule has 15 heavy (non-hydrogen) atoms. The van der Waals surface area contributed by atoms with E-state index in [0.717, 1.165) is 5.01 Å². The normalized spacial score (nSPS) is 11.1. The average Bonchev–Trinajstić information content (AvgIpc) is 2.26. The van der Waals surface area contributed by atoms with Gasteiger partial charge in [-0.3, -0.25) is 4.98 Å². The van der Waals surface area contributed by atoms with Crippen LogP contribution in [0.25, 0.3) is 0 Å². The Morgan fingerprint density at radius 1 is 1.53 bits per heavy atom. The largest absolute Gasteiger partial charge is 0.380 e. The number of nitrogens with two attached hydrogens (primary N) is 2. The van der Waals surface area contributed by atoms with E-state index in [-0.39, 0.29) is 5.84 Å². The Morgan fingerprint density at radius 3 is 2.73 bits per heavy atom. The number of carbonyl (C=O) groups is 1. The SMILES string of the molecule is CCN(N=C(N)c1ccccn1)C(N)=O. The van der Waals surface area contributed by atoms with Gasteiger partial charge in [-0.15, -0.1) is 5.10 Å². The smallest absolute Gasteiger partial charge is 0.335 e. The zero-order chi connectivity index (χ0) is 11.3. The van der Waals surface area contributed by atoms with Crippen molar-refractivity contribution in [2.45, 2.75) is 6.92 Å². The zero-order valence-electron chi connectivity index (χ0n) is 8.42. The van der Waals surface area contributed by atoms with Gasteiger partial charge in [0.1, 0.15) is 5.69 Å². The van der Waals surface area contributed by atoms with Crippen LogP contribution in [0.15, 0.2) is 29.5 Å². The quantitative estimate of drug-likeness (QED) is 0.418. The minimum atomic E-state index is -0.642. The van der Waals surface area contributed by atoms with Crippen molar-refractivity contribution in [3.8, 4) is 0 Å². The third-order valence-corrected chi connectivity index (χ3v) is 1.71. The summed E-state index contributed by atoms with van der Waals surface area (Å²) in [5.41, 5.74) is 11.2. The number of aromatic nitrogens is 1. The molecule has 0 saturated heterocycles. The van der Waals surface area contributed by atoms with Crippen molar-refractivity contribution in [1.29, 1.82) is 0 Å². The molecule has 2 amide bonds. The molecule has 0 atom stereocenters. The van der Waals surface area contributed by atoms with Gasteiger partial charge in [0.15, 0.2) is 5.84 Å². The first-order chi connectivity index (χ1) is 7.15. The fourth-order valence-electron chi connectivity index (χ4n) is 0.971. The number of carbonyl (C=O) groups excluding carboxylic acids is 1. The summed E-state index contributed by atoms with van der Waals surface area (Å²) in [6.45, 7) is 2.11. The molecule has 0 unspecified atom stereocenters. The molecule has 6 nitrogen and oxygen atoms in total. The van der Waals surface area contributed by atoms with E-state index in [1.807, 2.05) is 0 Å². The summed E-state index contributed by atoms with van der Waals surface area (Å²) in [6, 6.07) is 4.61. The number of amides is 2. The Labute approximate surface area is 87.6 Å². The lowest BCUT2D eigenvalue weighted by atomic mass is 10.3. The molecule has 80 valence electrons. The van der Waals surface area contributed by atoms with Gasteiger partial charge in [0.25, 0.3) is 0 Å². The van der Waals surface area contributed by atoms with Gasteiger partial charge in [-0.2, -0.15) is 0 Å². The van der Waals surface area contributed by atoms with Crippen molar-refractivity contribution in [3.63, 3.8) is 0 Å². The molecule has 1 rings (SSSR count). The van der Waals surface area contributed by atoms with Gasteiger partial charge in [0.05, 0.1) is 0 Å². The van der Waals surface area contributed by atoms with Crippen molar-refractivity contribution in [3.05, 3.63) is 30.1 Å². The Hall–Kier alpha value is -2.11. The lowest BCUT2D eigenvalue weighted by Crippen LogP contribution is -2.33. The molecule has 0 aliphatic rings. The third-order valence-electron chi connectivity index (χ3n) is 1.71. The maximum atomic E-state index is 10.9. The van der Waals surface area contributed by atoms with Crippen LogP contribution in [0.1, 0.15) is 12.6 Å². The number of hydrogen-bond donors (Lipinski definition) is 2. The second-order valence-corrected chi connectivity index (χ2v) is 2.75. The van der Waals surface area contributed by atoms with Crippen LogP contribution in [0.2, 0.25) is 0 Å². The van der Waals surface area contributed by atoms with E-state index in [1.54, 1.807) is 31.3 Å². The second kappa shape index (κ2) is 4.94. The van der Waals surface area contributed by atoms with Crippen molar-refractivity contribution in [1.82, 2.24) is 9.99 Å². The van der Waals surface area contributed by atoms with E-state index in [2.05, 4.69) is 10.1 Å². The van der Waals surface area contributed by atoms with Crippen LogP contribution in [-0.2, 0) is 0 Å². The lowest BCUT2D eigenvalue weighted by Gasteiger charge is -2.12. The molecule has 0 aromatic carbocycles. The van der Waals surface area contributed by atoms with E-state index >= 15 is 0 Å². The van der Waals surface area contributed by atoms with Crippen LogP contribution in [-0.4, -0.2) is 28.4 Å². The number of urea groups is 1. The van der Waals surface area contributed by atoms with Gasteiger partial charge in [-0.1, -0.05) is 6.07 Å². The van der Waals surface area contributed by atoms with Crippen LogP contribution in [0, 0.1) is 0 Å². The van der Waals surface area contributed by atoms with E-state index < -0.39 is 6.03 Å². The summed E-state index contributed by atoms with van der Waals surface area (Å²) in [5, 5.41) is 4.93. The van der Waals surface area contributed by atoms with Crippen LogP contribution in [0.3, 0.4) is 0 Å². The second-order valence-electron chi connectivity index (χ2n) is 2.75. The first-order valence-corrected chi connectivity index (χ1v) is 4.47. The highest BCUT2D eigenvalue weighted by atomic mass is 16.2. The molecule has 0 aliphatic heterocycles. The maximum Gasteiger partial charge on any atom is 0.335 e. The first-order valence-electron chi connectivity index (χ1n) is 4.47. The number of hydrogen-bond acceptors (Lipinski definition) is 3. The molecule has 1 aromatic rings. The predicted molar refractivity (Wildman–Crippen MR) is 56.9 cm³/mol. The zero-order valence-corrected chi connectivity index (χ0v) is 8.42. The van der Waals surface area contributed by atoms with Gasteiger partial charge in [0.2, 0.25) is 0 Å². The lowest BCUT2D eigenvalue weighted by molar-refractivity contribution is 0.212. The van der Waals surface area contributed by atoms with Crippen molar-refractivity contribution < 1.29 is 4.79 Å². The molecular formula is C9H13N5O. The van der Waals surface area contributed by atoms with Crippen LogP contribution in [0.5, 0.6) is 0 Å². The number of amidine groups is 1. The van der Waals surface area contributed by atoms with Gasteiger partial charge in [-0.25, -0.2) is 9.80 Å². The molecule has 1 heterocycles. The molecule has 6 heteroatoms. The predicted octanol–water partition coefficient (Wildman–Crippen LogP) is 0.103. The highest BCUT2D eigenvalue weighted by Gasteiger charge is 2.07. The number of rotatable bonds is 3. The van der Waals surface area contributed by atoms with Gasteiger partial charge >= 0.3 is 6.03 Å². The Kier molecular flexibility index (Phi) is 3.61. The Bertz CT molecular complexity index is 362. The van der Waals surface area contributed by atoms with Crippen LogP contribution < -0.4 is 11.5 Å². The highest BCUT2D eigenvalue weighted by Crippen LogP contribution is 1.95. The Morgan fingerprint density at radius 2 is 2.27 bits per heavy atom. The molecule has 0 radical (unpaired) electrons. The summed E-state index contributed by atoms with van der Waals surface area (Å²) >= 11 is 0. The highest BCUT2D eigenvalue weighted by molar-refractivity contribution is 5.96. The first kappa shape index (κ1) is 11.0. The van der Waals surface area contributed by atoms with Gasteiger partial charge in [-0.05, 0) is 19.1 Å². The van der Waals surface area contributed by atoms with E-state index in [4.69, 9.17) is 11.5 Å². The summed E-state index contributed by atoms with van der Waals surface area (Å²) in [7, 11) is 0. The number of hydrazone groups is 1. The van der Waals surface area contributed by atoms with Gasteiger partial charge in [0, 0.05) is 12.7 Å². The minimum Gasteiger partial charge on any atom is -0.380 e. The molecule has 0 aliphatic carbocycles. The number of pyridine rings is 1. The number of nitrogens with zero attached hydrogens (tertiary/aromatic N) is 3. The van der Waals surface area contributed by atoms with Crippen LogP contribution >= 0.6 is 0 Å². The Balaban J connectivity index is 2.88. The van der Waals surface area contributed by atoms with E-state index in [0.29, 0.717) is 12.2 Å². The summed E-state index contributed by atoms with van der Waals surface area (Å²) in [5.74, 6) is 0.163. The standard InChI is InChI=1S/C9H13N5O/c1-2-14(9(11)15)13-8(10)7-5-3-4-6-12-7/h3-6H,2H2,1H3,(H2,10,13)(H2,11,15). The molecular weight excluding hydrogens is 194 g/mol. The molecule has 0 fully saturated rings. The molecule has 4 N–H and O–H groups in total. The molecule has 0 saturated carbocycles. The summed E-state index contributed by atoms with van der Waals surface area (Å²) < 4.78 is 0. The summed E-state index contributed by atoms with van der Waals surface area (Å²) in [4.78, 5) is 14.9. The maximum absolute atomic E-state index is 10.9. The van der Waals surface area contributed by atoms with Crippen LogP contribution in [0.4, 0.5) is 4.79 Å². The average molecular weight is 207 g/mol. The fraction of sp³-hybridized carbons (Fsp3) is 0.222. The number of primary amides is 1. The molecule has 0 spiro atoms. The topological polar surface area (TPSA) is 97.6 Å². The van der Waals surface area contributed by atoms with Crippen molar-refractivity contribution in [2.75, 3.05) is 6.54 Å². The third kappa shape index (κ3) is 2.94. The van der Waals surface area contributed by atoms with E-state index in [1.165, 1.54) is 0 Å². The molecule has 0 bridgehead atoms. The molecule has 1 aromatic heterocycles. The van der Waals surface area contributed by atoms with Gasteiger partial charge < -0.3 is 11.5 Å². The summed E-state index contributed by atoms with van der Waals surface area (Å²) in [6.07, 6.45) is 1.60.